The minimum absolute atomic E-state index is 0.379. The second-order valence-electron chi connectivity index (χ2n) is 6.43. The van der Waals surface area contributed by atoms with Crippen molar-refractivity contribution in [2.45, 2.75) is 26.9 Å². The fraction of sp³-hybridized carbons (Fsp3) is 0.238. The molecule has 3 rings (SSSR count). The molecule has 5 heteroatoms. The first-order chi connectivity index (χ1) is 12.4. The van der Waals surface area contributed by atoms with Crippen molar-refractivity contribution in [2.24, 2.45) is 0 Å². The number of aliphatic hydroxyl groups is 1. The molecule has 0 saturated heterocycles. The monoisotopic (exact) mass is 350 g/mol. The molecule has 26 heavy (non-hydrogen) atoms. The van der Waals surface area contributed by atoms with Gasteiger partial charge in [0.1, 0.15) is 6.10 Å². The Balaban J connectivity index is 2.06. The van der Waals surface area contributed by atoms with Crippen LogP contribution in [-0.2, 0) is 4.74 Å². The molecule has 0 aliphatic carbocycles. The second-order valence-corrected chi connectivity index (χ2v) is 6.43. The van der Waals surface area contributed by atoms with Crippen molar-refractivity contribution in [1.29, 1.82) is 0 Å². The molecule has 0 fully saturated rings. The van der Waals surface area contributed by atoms with Crippen LogP contribution < -0.4 is 0 Å². The summed E-state index contributed by atoms with van der Waals surface area (Å²) in [4.78, 5) is 15.9. The highest BCUT2D eigenvalue weighted by molar-refractivity contribution is 5.90. The van der Waals surface area contributed by atoms with E-state index in [1.165, 1.54) is 7.11 Å². The highest BCUT2D eigenvalue weighted by atomic mass is 16.5. The summed E-state index contributed by atoms with van der Waals surface area (Å²) in [5, 5.41) is 11.1. The molecule has 1 heterocycles. The van der Waals surface area contributed by atoms with E-state index in [1.807, 2.05) is 49.7 Å². The van der Waals surface area contributed by atoms with Gasteiger partial charge in [-0.05, 0) is 72.9 Å². The third-order valence-corrected chi connectivity index (χ3v) is 4.65. The number of carbonyl (C=O) groups excluding carboxylic acids is 1. The van der Waals surface area contributed by atoms with E-state index in [4.69, 9.17) is 4.74 Å². The Morgan fingerprint density at radius 1 is 1.12 bits per heavy atom. The first-order valence-electron chi connectivity index (χ1n) is 8.38. The summed E-state index contributed by atoms with van der Waals surface area (Å²) in [7, 11) is 1.36. The molecule has 0 radical (unpaired) electrons. The number of rotatable bonds is 4. The van der Waals surface area contributed by atoms with Gasteiger partial charge in [0.05, 0.1) is 19.0 Å². The highest BCUT2D eigenvalue weighted by Gasteiger charge is 2.20. The molecule has 0 aliphatic rings. The number of benzene rings is 2. The van der Waals surface area contributed by atoms with E-state index < -0.39 is 6.10 Å². The van der Waals surface area contributed by atoms with Crippen LogP contribution >= 0.6 is 0 Å². The summed E-state index contributed by atoms with van der Waals surface area (Å²) in [6, 6.07) is 9.46. The van der Waals surface area contributed by atoms with Crippen LogP contribution in [0.5, 0.6) is 0 Å². The molecule has 1 N–H and O–H groups in total. The van der Waals surface area contributed by atoms with Gasteiger partial charge in [-0.3, -0.25) is 0 Å². The number of carbonyl (C=O) groups is 1. The number of nitrogens with zero attached hydrogens (tertiary/aromatic N) is 2. The predicted octanol–water partition coefficient (Wildman–Crippen LogP) is 3.67. The predicted molar refractivity (Wildman–Crippen MR) is 99.6 cm³/mol. The Morgan fingerprint density at radius 3 is 2.38 bits per heavy atom. The zero-order chi connectivity index (χ0) is 18.8. The van der Waals surface area contributed by atoms with Crippen molar-refractivity contribution in [1.82, 2.24) is 9.55 Å². The average molecular weight is 350 g/mol. The van der Waals surface area contributed by atoms with Gasteiger partial charge in [0.2, 0.25) is 0 Å². The first kappa shape index (κ1) is 17.9. The molecule has 0 spiro atoms. The van der Waals surface area contributed by atoms with Crippen molar-refractivity contribution in [3.05, 3.63) is 82.4 Å². The third-order valence-electron chi connectivity index (χ3n) is 4.65. The highest BCUT2D eigenvalue weighted by Crippen LogP contribution is 2.32. The van der Waals surface area contributed by atoms with Crippen LogP contribution in [0.15, 0.2) is 49.1 Å². The maximum atomic E-state index is 11.8. The number of methoxy groups -OCH3 is 1. The summed E-state index contributed by atoms with van der Waals surface area (Å²) < 4.78 is 6.70. The molecular weight excluding hydrogens is 328 g/mol. The van der Waals surface area contributed by atoms with Crippen LogP contribution in [0.25, 0.3) is 5.69 Å². The number of hydrogen-bond acceptors (Lipinski definition) is 4. The quantitative estimate of drug-likeness (QED) is 0.729. The summed E-state index contributed by atoms with van der Waals surface area (Å²) in [6.45, 7) is 5.77. The average Bonchev–Trinajstić information content (AvgIpc) is 3.15. The van der Waals surface area contributed by atoms with Gasteiger partial charge in [0, 0.05) is 18.1 Å². The van der Waals surface area contributed by atoms with Crippen LogP contribution in [0.2, 0.25) is 0 Å². The van der Waals surface area contributed by atoms with Gasteiger partial charge in [-0.2, -0.15) is 0 Å². The minimum atomic E-state index is -0.787. The van der Waals surface area contributed by atoms with Gasteiger partial charge < -0.3 is 14.4 Å². The summed E-state index contributed by atoms with van der Waals surface area (Å²) in [6.07, 6.45) is 4.52. The number of aliphatic hydroxyl groups excluding tert-OH is 1. The number of hydrogen-bond donors (Lipinski definition) is 1. The van der Waals surface area contributed by atoms with Gasteiger partial charge in [-0.1, -0.05) is 6.07 Å². The van der Waals surface area contributed by atoms with Crippen molar-refractivity contribution in [3.8, 4) is 5.69 Å². The normalized spacial score (nSPS) is 12.0. The van der Waals surface area contributed by atoms with E-state index in [1.54, 1.807) is 24.7 Å². The van der Waals surface area contributed by atoms with Gasteiger partial charge in [-0.25, -0.2) is 9.78 Å². The Labute approximate surface area is 152 Å². The molecule has 0 unspecified atom stereocenters. The van der Waals surface area contributed by atoms with Crippen molar-refractivity contribution >= 4 is 5.97 Å². The molecule has 0 aliphatic heterocycles. The second kappa shape index (κ2) is 7.14. The summed E-state index contributed by atoms with van der Waals surface area (Å²) in [5.74, 6) is -0.379. The summed E-state index contributed by atoms with van der Waals surface area (Å²) >= 11 is 0. The standard InChI is InChI=1S/C21H22N2O3/c1-13-5-6-17(23-8-7-22-12-23)11-18(13)20(24)19-14(2)9-16(10-15(19)3)21(25)26-4/h5-12,20,24H,1-4H3/t20-/m1/s1. The number of aromatic nitrogens is 2. The molecule has 3 aromatic rings. The molecule has 2 aromatic carbocycles. The van der Waals surface area contributed by atoms with Crippen LogP contribution in [0.1, 0.15) is 44.3 Å². The van der Waals surface area contributed by atoms with Crippen molar-refractivity contribution in [2.75, 3.05) is 7.11 Å². The Bertz CT molecular complexity index is 923. The first-order valence-corrected chi connectivity index (χ1v) is 8.38. The van der Waals surface area contributed by atoms with E-state index in [0.717, 1.165) is 33.5 Å². The van der Waals surface area contributed by atoms with E-state index in [9.17, 15) is 9.90 Å². The number of esters is 1. The summed E-state index contributed by atoms with van der Waals surface area (Å²) in [5.41, 5.74) is 5.76. The van der Waals surface area contributed by atoms with E-state index >= 15 is 0 Å². The molecule has 134 valence electrons. The lowest BCUT2D eigenvalue weighted by molar-refractivity contribution is 0.0600. The van der Waals surface area contributed by atoms with E-state index in [2.05, 4.69) is 4.98 Å². The van der Waals surface area contributed by atoms with Crippen LogP contribution in [0.3, 0.4) is 0 Å². The Kier molecular flexibility index (Phi) is 4.91. The van der Waals surface area contributed by atoms with Crippen molar-refractivity contribution < 1.29 is 14.6 Å². The topological polar surface area (TPSA) is 64.3 Å². The van der Waals surface area contributed by atoms with Crippen LogP contribution in [0.4, 0.5) is 0 Å². The van der Waals surface area contributed by atoms with Crippen LogP contribution in [0, 0.1) is 20.8 Å². The van der Waals surface area contributed by atoms with Gasteiger partial charge in [0.15, 0.2) is 0 Å². The minimum Gasteiger partial charge on any atom is -0.465 e. The lowest BCUT2D eigenvalue weighted by atomic mass is 9.89. The van der Waals surface area contributed by atoms with Gasteiger partial charge in [0.25, 0.3) is 0 Å². The third kappa shape index (κ3) is 3.26. The lowest BCUT2D eigenvalue weighted by Crippen LogP contribution is -2.10. The molecule has 1 aromatic heterocycles. The lowest BCUT2D eigenvalue weighted by Gasteiger charge is -2.20. The zero-order valence-corrected chi connectivity index (χ0v) is 15.4. The largest absolute Gasteiger partial charge is 0.465 e. The Morgan fingerprint density at radius 2 is 1.81 bits per heavy atom. The zero-order valence-electron chi connectivity index (χ0n) is 15.4. The molecule has 0 bridgehead atoms. The SMILES string of the molecule is COC(=O)c1cc(C)c([C@H](O)c2cc(-n3ccnc3)ccc2C)c(C)c1. The van der Waals surface area contributed by atoms with E-state index in [-0.39, 0.29) is 5.97 Å². The number of ether oxygens (including phenoxy) is 1. The van der Waals surface area contributed by atoms with Crippen LogP contribution in [-0.4, -0.2) is 27.7 Å². The Hall–Kier alpha value is -2.92. The maximum absolute atomic E-state index is 11.8. The maximum Gasteiger partial charge on any atom is 0.337 e. The molecule has 0 amide bonds. The fourth-order valence-electron chi connectivity index (χ4n) is 3.29. The molecular formula is C21H22N2O3. The molecule has 5 nitrogen and oxygen atoms in total. The van der Waals surface area contributed by atoms with E-state index in [0.29, 0.717) is 5.56 Å². The van der Waals surface area contributed by atoms with Crippen molar-refractivity contribution in [3.63, 3.8) is 0 Å². The molecule has 0 saturated carbocycles. The number of imidazole rings is 1. The van der Waals surface area contributed by atoms with Gasteiger partial charge >= 0.3 is 5.97 Å². The number of aryl methyl sites for hydroxylation is 3. The fourth-order valence-corrected chi connectivity index (χ4v) is 3.29. The smallest absolute Gasteiger partial charge is 0.337 e. The van der Waals surface area contributed by atoms with Gasteiger partial charge in [-0.15, -0.1) is 0 Å². The molecule has 1 atom stereocenters.